The first kappa shape index (κ1) is 33.3. The van der Waals surface area contributed by atoms with Crippen LogP contribution in [0.2, 0.25) is 0 Å². The number of piperidine rings is 2. The third kappa shape index (κ3) is 7.00. The van der Waals surface area contributed by atoms with Crippen molar-refractivity contribution in [1.29, 1.82) is 0 Å². The SMILES string of the molecule is CCCCCCN1CC2C(C1)C2(C)c1ccccc1N.CCCCCCN1CC2C(C1)C2(C)c1ccccc1NS(C)(=O)=O. The van der Waals surface area contributed by atoms with Crippen LogP contribution in [-0.2, 0) is 20.9 Å². The molecule has 6 rings (SSSR count). The molecule has 2 saturated heterocycles. The van der Waals surface area contributed by atoms with Crippen LogP contribution < -0.4 is 10.5 Å². The summed E-state index contributed by atoms with van der Waals surface area (Å²) in [5.74, 6) is 2.98. The van der Waals surface area contributed by atoms with Crippen LogP contribution in [0.1, 0.15) is 90.2 Å². The molecule has 2 aromatic rings. The quantitative estimate of drug-likeness (QED) is 0.173. The Labute approximate surface area is 268 Å². The van der Waals surface area contributed by atoms with Crippen molar-refractivity contribution in [3.8, 4) is 0 Å². The van der Waals surface area contributed by atoms with Crippen LogP contribution in [0.4, 0.5) is 11.4 Å². The van der Waals surface area contributed by atoms with Crippen molar-refractivity contribution in [2.75, 3.05) is 56.0 Å². The molecule has 6 nitrogen and oxygen atoms in total. The van der Waals surface area contributed by atoms with Gasteiger partial charge < -0.3 is 15.5 Å². The van der Waals surface area contributed by atoms with Crippen molar-refractivity contribution in [1.82, 2.24) is 9.80 Å². The number of hydrogen-bond donors (Lipinski definition) is 2. The number of benzene rings is 2. The lowest BCUT2D eigenvalue weighted by molar-refractivity contribution is 0.271. The molecule has 7 heteroatoms. The lowest BCUT2D eigenvalue weighted by Gasteiger charge is -2.26. The van der Waals surface area contributed by atoms with Crippen molar-refractivity contribution in [2.45, 2.75) is 89.9 Å². The molecule has 4 aliphatic rings. The van der Waals surface area contributed by atoms with E-state index in [2.05, 4.69) is 66.5 Å². The molecule has 0 aromatic heterocycles. The normalized spacial score (nSPS) is 30.8. The predicted octanol–water partition coefficient (Wildman–Crippen LogP) is 7.13. The molecule has 3 N–H and O–H groups in total. The highest BCUT2D eigenvalue weighted by Crippen LogP contribution is 2.65. The number of fused-ring (bicyclic) bond motifs is 2. The minimum atomic E-state index is -3.24. The maximum absolute atomic E-state index is 11.7. The molecular weight excluding hydrogens is 565 g/mol. The average molecular weight is 623 g/mol. The van der Waals surface area contributed by atoms with E-state index in [0.29, 0.717) is 17.3 Å². The molecule has 244 valence electrons. The maximum atomic E-state index is 11.7. The Morgan fingerprint density at radius 3 is 1.59 bits per heavy atom. The number of nitrogen functional groups attached to an aromatic ring is 1. The smallest absolute Gasteiger partial charge is 0.229 e. The Balaban J connectivity index is 0.000000177. The highest BCUT2D eigenvalue weighted by Gasteiger charge is 2.66. The Morgan fingerprint density at radius 2 is 1.14 bits per heavy atom. The zero-order valence-electron chi connectivity index (χ0n) is 28.0. The van der Waals surface area contributed by atoms with Crippen molar-refractivity contribution < 1.29 is 8.42 Å². The second-order valence-corrected chi connectivity index (χ2v) is 16.4. The third-order valence-electron chi connectivity index (χ3n) is 11.7. The van der Waals surface area contributed by atoms with Crippen LogP contribution >= 0.6 is 0 Å². The fourth-order valence-electron chi connectivity index (χ4n) is 8.84. The minimum absolute atomic E-state index is 0.119. The minimum Gasteiger partial charge on any atom is -0.398 e. The van der Waals surface area contributed by atoms with Gasteiger partial charge in [-0.1, -0.05) is 103 Å². The molecule has 2 aliphatic heterocycles. The summed E-state index contributed by atoms with van der Waals surface area (Å²) in [6.07, 6.45) is 12.0. The first-order valence-corrected chi connectivity index (χ1v) is 19.3. The Bertz CT molecular complexity index is 1340. The first-order valence-electron chi connectivity index (χ1n) is 17.4. The van der Waals surface area contributed by atoms with E-state index in [1.165, 1.54) is 89.4 Å². The number of nitrogens with zero attached hydrogens (tertiary/aromatic N) is 2. The van der Waals surface area contributed by atoms with Gasteiger partial charge in [-0.3, -0.25) is 4.72 Å². The van der Waals surface area contributed by atoms with Gasteiger partial charge in [-0.15, -0.1) is 0 Å². The predicted molar refractivity (Wildman–Crippen MR) is 186 cm³/mol. The van der Waals surface area contributed by atoms with Gasteiger partial charge in [0.15, 0.2) is 0 Å². The van der Waals surface area contributed by atoms with E-state index < -0.39 is 10.0 Å². The largest absolute Gasteiger partial charge is 0.398 e. The van der Waals surface area contributed by atoms with Crippen LogP contribution in [0.15, 0.2) is 48.5 Å². The zero-order valence-corrected chi connectivity index (χ0v) is 28.8. The van der Waals surface area contributed by atoms with E-state index in [0.717, 1.165) is 41.9 Å². The molecule has 0 radical (unpaired) electrons. The monoisotopic (exact) mass is 622 g/mol. The molecule has 44 heavy (non-hydrogen) atoms. The lowest BCUT2D eigenvalue weighted by Crippen LogP contribution is -2.30. The van der Waals surface area contributed by atoms with Gasteiger partial charge in [0.25, 0.3) is 0 Å². The fraction of sp³-hybridized carbons (Fsp3) is 0.676. The van der Waals surface area contributed by atoms with Crippen LogP contribution in [0, 0.1) is 23.7 Å². The number of nitrogens with two attached hydrogens (primary N) is 1. The molecule has 2 aromatic carbocycles. The van der Waals surface area contributed by atoms with E-state index in [-0.39, 0.29) is 5.41 Å². The molecular formula is C37H58N4O2S. The molecule has 4 fully saturated rings. The summed E-state index contributed by atoms with van der Waals surface area (Å²) in [5.41, 5.74) is 10.9. The summed E-state index contributed by atoms with van der Waals surface area (Å²) < 4.78 is 26.0. The van der Waals surface area contributed by atoms with Gasteiger partial charge in [0.1, 0.15) is 0 Å². The number of hydrogen-bond acceptors (Lipinski definition) is 5. The van der Waals surface area contributed by atoms with Gasteiger partial charge in [0, 0.05) is 42.7 Å². The highest BCUT2D eigenvalue weighted by molar-refractivity contribution is 7.92. The Kier molecular flexibility index (Phi) is 10.4. The van der Waals surface area contributed by atoms with Crippen molar-refractivity contribution in [2.24, 2.45) is 23.7 Å². The first-order chi connectivity index (χ1) is 21.0. The fourth-order valence-corrected chi connectivity index (χ4v) is 9.42. The number of anilines is 2. The lowest BCUT2D eigenvalue weighted by atomic mass is 9.91. The Hall–Kier alpha value is -2.09. The molecule has 2 saturated carbocycles. The van der Waals surface area contributed by atoms with Crippen molar-refractivity contribution >= 4 is 21.4 Å². The molecule has 4 unspecified atom stereocenters. The Morgan fingerprint density at radius 1 is 0.705 bits per heavy atom. The average Bonchev–Trinajstić information content (AvgIpc) is 3.48. The standard InChI is InChI=1S/C19H30N2O2S.C18H28N2/c1-4-5-6-9-12-21-13-16-17(14-21)19(16,2)15-10-7-8-11-18(15)20-24(3,22)23;1-3-4-5-8-11-20-12-15-16(13-20)18(15,2)14-9-6-7-10-17(14)19/h7-8,10-11,16-17,20H,4-6,9,12-14H2,1-3H3;6-7,9-10,15-16H,3-5,8,11-13,19H2,1-2H3. The number of para-hydroxylation sites is 2. The van der Waals surface area contributed by atoms with Gasteiger partial charge in [0.05, 0.1) is 11.9 Å². The molecule has 4 atom stereocenters. The summed E-state index contributed by atoms with van der Waals surface area (Å²) in [6.45, 7) is 16.6. The highest BCUT2D eigenvalue weighted by atomic mass is 32.2. The van der Waals surface area contributed by atoms with Gasteiger partial charge in [-0.25, -0.2) is 8.42 Å². The molecule has 0 spiro atoms. The van der Waals surface area contributed by atoms with Gasteiger partial charge in [0.2, 0.25) is 10.0 Å². The van der Waals surface area contributed by atoms with Gasteiger partial charge in [-0.2, -0.15) is 0 Å². The van der Waals surface area contributed by atoms with Crippen molar-refractivity contribution in [3.05, 3.63) is 59.7 Å². The zero-order chi connectivity index (χ0) is 31.5. The van der Waals surface area contributed by atoms with Crippen LogP contribution in [0.25, 0.3) is 0 Å². The molecule has 2 aliphatic carbocycles. The van der Waals surface area contributed by atoms with E-state index in [1.54, 1.807) is 0 Å². The van der Waals surface area contributed by atoms with Crippen LogP contribution in [0.5, 0.6) is 0 Å². The second-order valence-electron chi connectivity index (χ2n) is 14.6. The van der Waals surface area contributed by atoms with Crippen LogP contribution in [-0.4, -0.2) is 63.7 Å². The maximum Gasteiger partial charge on any atom is 0.229 e. The number of likely N-dealkylation sites (tertiary alicyclic amines) is 2. The molecule has 0 bridgehead atoms. The summed E-state index contributed by atoms with van der Waals surface area (Å²) in [5, 5.41) is 0. The van der Waals surface area contributed by atoms with Gasteiger partial charge >= 0.3 is 0 Å². The van der Waals surface area contributed by atoms with Gasteiger partial charge in [-0.05, 0) is 72.9 Å². The van der Waals surface area contributed by atoms with Crippen LogP contribution in [0.3, 0.4) is 0 Å². The summed E-state index contributed by atoms with van der Waals surface area (Å²) in [4.78, 5) is 5.27. The summed E-state index contributed by atoms with van der Waals surface area (Å²) >= 11 is 0. The van der Waals surface area contributed by atoms with E-state index in [4.69, 9.17) is 5.73 Å². The molecule has 0 amide bonds. The van der Waals surface area contributed by atoms with Crippen molar-refractivity contribution in [3.63, 3.8) is 0 Å². The summed E-state index contributed by atoms with van der Waals surface area (Å²) in [7, 11) is -3.24. The number of nitrogens with one attached hydrogen (secondary N) is 1. The number of unbranched alkanes of at least 4 members (excludes halogenated alkanes) is 6. The van der Waals surface area contributed by atoms with E-state index in [1.807, 2.05) is 24.3 Å². The number of rotatable bonds is 14. The second kappa shape index (κ2) is 13.7. The molecule has 2 heterocycles. The van der Waals surface area contributed by atoms with E-state index in [9.17, 15) is 8.42 Å². The van der Waals surface area contributed by atoms with E-state index >= 15 is 0 Å². The third-order valence-corrected chi connectivity index (χ3v) is 12.2. The topological polar surface area (TPSA) is 78.7 Å². The summed E-state index contributed by atoms with van der Waals surface area (Å²) in [6, 6.07) is 16.4. The number of sulfonamides is 1.